The van der Waals surface area contributed by atoms with E-state index in [9.17, 15) is 19.5 Å². The summed E-state index contributed by atoms with van der Waals surface area (Å²) in [6.07, 6.45) is 0.633. The van der Waals surface area contributed by atoms with Crippen LogP contribution in [0.2, 0.25) is 0 Å². The number of aliphatic hydroxyl groups excluding tert-OH is 1. The van der Waals surface area contributed by atoms with Crippen molar-refractivity contribution in [3.05, 3.63) is 0 Å². The highest BCUT2D eigenvalue weighted by molar-refractivity contribution is 5.89. The average Bonchev–Trinajstić information content (AvgIpc) is 3.07. The molecule has 2 rings (SSSR count). The second-order valence-electron chi connectivity index (χ2n) is 8.67. The van der Waals surface area contributed by atoms with Gasteiger partial charge in [0.15, 0.2) is 0 Å². The monoisotopic (exact) mass is 384 g/mol. The van der Waals surface area contributed by atoms with E-state index in [-0.39, 0.29) is 11.9 Å². The lowest BCUT2D eigenvalue weighted by atomic mass is 9.78. The Bertz CT molecular complexity index is 585. The molecule has 2 fully saturated rings. The zero-order valence-electron chi connectivity index (χ0n) is 17.0. The summed E-state index contributed by atoms with van der Waals surface area (Å²) in [5.74, 6) is -2.17. The molecule has 8 nitrogen and oxygen atoms in total. The molecule has 27 heavy (non-hydrogen) atoms. The molecule has 2 aliphatic heterocycles. The van der Waals surface area contributed by atoms with Gasteiger partial charge >= 0.3 is 12.1 Å². The normalized spacial score (nSPS) is 29.2. The Kier molecular flexibility index (Phi) is 6.39. The van der Waals surface area contributed by atoms with E-state index in [2.05, 4.69) is 5.32 Å². The highest BCUT2D eigenvalue weighted by atomic mass is 16.6. The van der Waals surface area contributed by atoms with Crippen LogP contribution in [-0.4, -0.2) is 64.9 Å². The molecular weight excluding hydrogens is 352 g/mol. The third-order valence-corrected chi connectivity index (χ3v) is 5.15. The van der Waals surface area contributed by atoms with Crippen molar-refractivity contribution in [2.24, 2.45) is 11.8 Å². The smallest absolute Gasteiger partial charge is 0.410 e. The van der Waals surface area contributed by atoms with Gasteiger partial charge in [-0.15, -0.1) is 0 Å². The van der Waals surface area contributed by atoms with Crippen LogP contribution < -0.4 is 5.32 Å². The molecule has 0 saturated carbocycles. The van der Waals surface area contributed by atoms with E-state index >= 15 is 0 Å². The van der Waals surface area contributed by atoms with Crippen LogP contribution in [0.5, 0.6) is 0 Å². The van der Waals surface area contributed by atoms with Crippen molar-refractivity contribution in [2.75, 3.05) is 7.11 Å². The van der Waals surface area contributed by atoms with Crippen LogP contribution in [0.1, 0.15) is 53.9 Å². The van der Waals surface area contributed by atoms with Gasteiger partial charge in [0.25, 0.3) is 0 Å². The summed E-state index contributed by atoms with van der Waals surface area (Å²) in [4.78, 5) is 39.6. The number of ether oxygens (including phenoxy) is 2. The van der Waals surface area contributed by atoms with Gasteiger partial charge < -0.3 is 24.8 Å². The second-order valence-corrected chi connectivity index (χ2v) is 8.67. The summed E-state index contributed by atoms with van der Waals surface area (Å²) in [5.41, 5.74) is -0.663. The van der Waals surface area contributed by atoms with Crippen LogP contribution in [0.4, 0.5) is 4.79 Å². The zero-order chi connectivity index (χ0) is 20.5. The van der Waals surface area contributed by atoms with Gasteiger partial charge in [-0.25, -0.2) is 4.79 Å². The van der Waals surface area contributed by atoms with E-state index in [0.29, 0.717) is 19.3 Å². The Labute approximate surface area is 160 Å². The molecule has 2 saturated heterocycles. The lowest BCUT2D eigenvalue weighted by molar-refractivity contribution is -0.151. The number of carbonyl (C=O) groups excluding carboxylic acids is 3. The van der Waals surface area contributed by atoms with Crippen molar-refractivity contribution in [1.29, 1.82) is 0 Å². The molecule has 0 aromatic carbocycles. The molecule has 0 aromatic rings. The highest BCUT2D eigenvalue weighted by Gasteiger charge is 2.61. The molecule has 154 valence electrons. The van der Waals surface area contributed by atoms with Gasteiger partial charge in [-0.3, -0.25) is 9.59 Å². The number of hydrogen-bond donors (Lipinski definition) is 2. The number of amides is 2. The maximum atomic E-state index is 12.9. The van der Waals surface area contributed by atoms with E-state index in [1.54, 1.807) is 39.5 Å². The number of carbonyl (C=O) groups is 3. The highest BCUT2D eigenvalue weighted by Crippen LogP contribution is 2.47. The SMILES string of the molecule is COC(=O)[C@H]1[C@@H](C(=O)NC(C)CC(C)O)[C@@H]2CC[C@@H]1N2C(=O)OC(C)(C)C. The number of nitrogens with zero attached hydrogens (tertiary/aromatic N) is 1. The summed E-state index contributed by atoms with van der Waals surface area (Å²) in [5, 5.41) is 12.4. The van der Waals surface area contributed by atoms with Crippen molar-refractivity contribution < 1.29 is 29.0 Å². The fourth-order valence-electron chi connectivity index (χ4n) is 4.32. The Morgan fingerprint density at radius 2 is 1.70 bits per heavy atom. The molecule has 0 aliphatic carbocycles. The molecule has 0 aromatic heterocycles. The fourth-order valence-corrected chi connectivity index (χ4v) is 4.32. The zero-order valence-corrected chi connectivity index (χ0v) is 17.0. The predicted molar refractivity (Wildman–Crippen MR) is 97.8 cm³/mol. The number of hydrogen-bond acceptors (Lipinski definition) is 6. The molecule has 2 aliphatic rings. The Balaban J connectivity index is 2.23. The maximum absolute atomic E-state index is 12.9. The molecule has 2 amide bonds. The van der Waals surface area contributed by atoms with Gasteiger partial charge in [-0.1, -0.05) is 0 Å². The lowest BCUT2D eigenvalue weighted by Gasteiger charge is -2.28. The summed E-state index contributed by atoms with van der Waals surface area (Å²) in [6, 6.07) is -1.04. The molecule has 2 heterocycles. The maximum Gasteiger partial charge on any atom is 0.410 e. The first-order chi connectivity index (χ1) is 12.5. The summed E-state index contributed by atoms with van der Waals surface area (Å²) in [7, 11) is 1.29. The summed E-state index contributed by atoms with van der Waals surface area (Å²) < 4.78 is 10.4. The van der Waals surface area contributed by atoms with E-state index in [4.69, 9.17) is 9.47 Å². The number of aliphatic hydroxyl groups is 1. The third kappa shape index (κ3) is 4.72. The van der Waals surface area contributed by atoms with Crippen LogP contribution in [-0.2, 0) is 19.1 Å². The average molecular weight is 384 g/mol. The Morgan fingerprint density at radius 3 is 2.19 bits per heavy atom. The van der Waals surface area contributed by atoms with E-state index < -0.39 is 47.7 Å². The van der Waals surface area contributed by atoms with Crippen molar-refractivity contribution in [2.45, 2.75) is 83.7 Å². The topological polar surface area (TPSA) is 105 Å². The largest absolute Gasteiger partial charge is 0.469 e. The first-order valence-corrected chi connectivity index (χ1v) is 9.53. The van der Waals surface area contributed by atoms with Crippen molar-refractivity contribution in [1.82, 2.24) is 10.2 Å². The standard InChI is InChI=1S/C19H32N2O6/c1-10(9-11(2)22)20-16(23)14-12-7-8-13(15(14)17(24)26-6)21(12)18(25)27-19(3,4)5/h10-15,22H,7-9H2,1-6H3,(H,20,23)/t10?,11?,12-,13-,14-,15+/m0/s1. The van der Waals surface area contributed by atoms with Crippen LogP contribution >= 0.6 is 0 Å². The minimum Gasteiger partial charge on any atom is -0.469 e. The molecule has 8 heteroatoms. The second kappa shape index (κ2) is 8.04. The number of rotatable bonds is 5. The van der Waals surface area contributed by atoms with E-state index in [1.807, 2.05) is 0 Å². The molecule has 0 radical (unpaired) electrons. The molecule has 6 atom stereocenters. The van der Waals surface area contributed by atoms with Crippen LogP contribution in [0.3, 0.4) is 0 Å². The van der Waals surface area contributed by atoms with E-state index in [1.165, 1.54) is 7.11 Å². The molecule has 0 spiro atoms. The van der Waals surface area contributed by atoms with Crippen molar-refractivity contribution >= 4 is 18.0 Å². The van der Waals surface area contributed by atoms with E-state index in [0.717, 1.165) is 0 Å². The van der Waals surface area contributed by atoms with Gasteiger partial charge in [-0.2, -0.15) is 0 Å². The quantitative estimate of drug-likeness (QED) is 0.695. The van der Waals surface area contributed by atoms with Gasteiger partial charge in [0.1, 0.15) is 5.60 Å². The van der Waals surface area contributed by atoms with Crippen molar-refractivity contribution in [3.63, 3.8) is 0 Å². The third-order valence-electron chi connectivity index (χ3n) is 5.15. The Hall–Kier alpha value is -1.83. The van der Waals surface area contributed by atoms with Crippen molar-refractivity contribution in [3.8, 4) is 0 Å². The predicted octanol–water partition coefficient (Wildman–Crippen LogP) is 1.45. The molecule has 2 N–H and O–H groups in total. The van der Waals surface area contributed by atoms with Crippen LogP contribution in [0, 0.1) is 11.8 Å². The number of esters is 1. The molecular formula is C19H32N2O6. The number of methoxy groups -OCH3 is 1. The molecule has 2 unspecified atom stereocenters. The number of nitrogens with one attached hydrogen (secondary N) is 1. The molecule has 2 bridgehead atoms. The fraction of sp³-hybridized carbons (Fsp3) is 0.842. The summed E-state index contributed by atoms with van der Waals surface area (Å²) >= 11 is 0. The Morgan fingerprint density at radius 1 is 1.15 bits per heavy atom. The lowest BCUT2D eigenvalue weighted by Crippen LogP contribution is -2.47. The van der Waals surface area contributed by atoms with Crippen LogP contribution in [0.15, 0.2) is 0 Å². The van der Waals surface area contributed by atoms with Gasteiger partial charge in [0.05, 0.1) is 25.0 Å². The van der Waals surface area contributed by atoms with Gasteiger partial charge in [0, 0.05) is 18.1 Å². The minimum absolute atomic E-state index is 0.245. The van der Waals surface area contributed by atoms with Gasteiger partial charge in [0.2, 0.25) is 5.91 Å². The summed E-state index contributed by atoms with van der Waals surface area (Å²) in [6.45, 7) is 8.80. The minimum atomic E-state index is -0.708. The first kappa shape index (κ1) is 21.5. The van der Waals surface area contributed by atoms with Crippen LogP contribution in [0.25, 0.3) is 0 Å². The van der Waals surface area contributed by atoms with Gasteiger partial charge in [-0.05, 0) is 53.9 Å². The first-order valence-electron chi connectivity index (χ1n) is 9.53. The number of fused-ring (bicyclic) bond motifs is 2.